The lowest BCUT2D eigenvalue weighted by Crippen LogP contribution is -2.39. The van der Waals surface area contributed by atoms with Crippen LogP contribution >= 0.6 is 0 Å². The van der Waals surface area contributed by atoms with Crippen molar-refractivity contribution in [1.82, 2.24) is 15.0 Å². The molecule has 2 aromatic rings. The predicted molar refractivity (Wildman–Crippen MR) is 112 cm³/mol. The number of esters is 1. The van der Waals surface area contributed by atoms with Gasteiger partial charge >= 0.3 is 5.97 Å². The molecule has 4 rings (SSSR count). The Morgan fingerprint density at radius 3 is 2.63 bits per heavy atom. The summed E-state index contributed by atoms with van der Waals surface area (Å²) in [6.45, 7) is 2.00. The molecule has 1 aromatic heterocycles. The summed E-state index contributed by atoms with van der Waals surface area (Å²) in [5, 5.41) is 3.17. The Kier molecular flexibility index (Phi) is 5.92. The molecule has 2 bridgehead atoms. The Hall–Kier alpha value is -3.03. The van der Waals surface area contributed by atoms with Gasteiger partial charge in [-0.05, 0) is 43.7 Å². The summed E-state index contributed by atoms with van der Waals surface area (Å²) in [4.78, 5) is 37.4. The molecule has 1 unspecified atom stereocenters. The van der Waals surface area contributed by atoms with Crippen molar-refractivity contribution in [2.75, 3.05) is 11.1 Å². The van der Waals surface area contributed by atoms with Crippen LogP contribution in [-0.2, 0) is 27.4 Å². The number of Topliss-reactive ketones (excluding diaryl/α,β-unsaturated/α-hetero) is 1. The van der Waals surface area contributed by atoms with E-state index in [1.807, 2.05) is 24.3 Å². The molecule has 30 heavy (non-hydrogen) atoms. The van der Waals surface area contributed by atoms with Crippen molar-refractivity contribution >= 4 is 29.3 Å². The highest BCUT2D eigenvalue weighted by molar-refractivity contribution is 5.87. The number of nitrogen functional groups attached to an aromatic ring is 1. The Morgan fingerprint density at radius 1 is 1.17 bits per heavy atom. The third kappa shape index (κ3) is 4.42. The van der Waals surface area contributed by atoms with Crippen LogP contribution in [0.15, 0.2) is 24.3 Å². The third-order valence-corrected chi connectivity index (χ3v) is 6.07. The van der Waals surface area contributed by atoms with Gasteiger partial charge in [-0.2, -0.15) is 15.0 Å². The molecule has 3 atom stereocenters. The van der Waals surface area contributed by atoms with Gasteiger partial charge in [-0.15, -0.1) is 0 Å². The molecule has 1 heterocycles. The molecule has 3 N–H and O–H groups in total. The highest BCUT2D eigenvalue weighted by Gasteiger charge is 2.41. The van der Waals surface area contributed by atoms with Gasteiger partial charge in [0.25, 0.3) is 0 Å². The number of nitrogens with two attached hydrogens (primary N) is 1. The van der Waals surface area contributed by atoms with E-state index in [4.69, 9.17) is 10.5 Å². The van der Waals surface area contributed by atoms with Gasteiger partial charge in [0.1, 0.15) is 5.78 Å². The number of fused-ring (bicyclic) bond motifs is 2. The number of carbonyl (C=O) groups excluding carboxylic acids is 2. The molecular formula is C22H27N5O3. The standard InChI is InChI=1S/C22H27N5O3/c1-2-13-6-3-4-9-17(13)24-22-26-18(25-21(23)27-22)12-30-20(29)16-10-14-7-5-8-15(11-16)19(14)28/h3-4,6,9,14-16H,2,5,7-8,10-12H2,1H3,(H3,23,24,25,26,27)/t14-,15+,16?. The monoisotopic (exact) mass is 409 g/mol. The Balaban J connectivity index is 1.40. The van der Waals surface area contributed by atoms with Gasteiger partial charge in [0, 0.05) is 17.5 Å². The van der Waals surface area contributed by atoms with Crippen LogP contribution in [-0.4, -0.2) is 26.7 Å². The van der Waals surface area contributed by atoms with Crippen molar-refractivity contribution in [3.63, 3.8) is 0 Å². The number of carbonyl (C=O) groups is 2. The molecular weight excluding hydrogens is 382 g/mol. The molecule has 0 saturated heterocycles. The molecule has 0 radical (unpaired) electrons. The number of benzene rings is 1. The Morgan fingerprint density at radius 2 is 1.90 bits per heavy atom. The van der Waals surface area contributed by atoms with E-state index < -0.39 is 0 Å². The van der Waals surface area contributed by atoms with Gasteiger partial charge in [0.05, 0.1) is 5.92 Å². The molecule has 0 aliphatic heterocycles. The van der Waals surface area contributed by atoms with Gasteiger partial charge in [-0.1, -0.05) is 31.5 Å². The zero-order valence-corrected chi connectivity index (χ0v) is 17.1. The van der Waals surface area contributed by atoms with Crippen molar-refractivity contribution in [3.8, 4) is 0 Å². The van der Waals surface area contributed by atoms with E-state index in [0.29, 0.717) is 30.4 Å². The molecule has 0 spiro atoms. The maximum atomic E-state index is 12.6. The number of nitrogens with zero attached hydrogens (tertiary/aromatic N) is 3. The molecule has 0 amide bonds. The van der Waals surface area contributed by atoms with Gasteiger partial charge < -0.3 is 15.8 Å². The fourth-order valence-corrected chi connectivity index (χ4v) is 4.56. The van der Waals surface area contributed by atoms with Crippen LogP contribution in [0.4, 0.5) is 17.6 Å². The molecule has 8 heteroatoms. The second-order valence-electron chi connectivity index (χ2n) is 8.07. The zero-order valence-electron chi connectivity index (χ0n) is 17.1. The summed E-state index contributed by atoms with van der Waals surface area (Å²) in [6, 6.07) is 7.88. The van der Waals surface area contributed by atoms with Crippen molar-refractivity contribution in [3.05, 3.63) is 35.7 Å². The highest BCUT2D eigenvalue weighted by atomic mass is 16.5. The van der Waals surface area contributed by atoms with E-state index in [1.165, 1.54) is 0 Å². The third-order valence-electron chi connectivity index (χ3n) is 6.07. The molecule has 1 aromatic carbocycles. The van der Waals surface area contributed by atoms with Gasteiger partial charge in [-0.3, -0.25) is 9.59 Å². The topological polar surface area (TPSA) is 120 Å². The van der Waals surface area contributed by atoms with Crippen LogP contribution in [0.2, 0.25) is 0 Å². The second kappa shape index (κ2) is 8.77. The molecule has 2 saturated carbocycles. The fraction of sp³-hybridized carbons (Fsp3) is 0.500. The molecule has 2 aliphatic carbocycles. The SMILES string of the molecule is CCc1ccccc1Nc1nc(N)nc(COC(=O)C2C[C@H]3CCC[C@@H](C2)C3=O)n1. The summed E-state index contributed by atoms with van der Waals surface area (Å²) < 4.78 is 5.49. The van der Waals surface area contributed by atoms with Crippen LogP contribution < -0.4 is 11.1 Å². The van der Waals surface area contributed by atoms with Crippen molar-refractivity contribution in [2.45, 2.75) is 52.1 Å². The molecule has 158 valence electrons. The Labute approximate surface area is 175 Å². The van der Waals surface area contributed by atoms with Crippen LogP contribution in [0.3, 0.4) is 0 Å². The maximum absolute atomic E-state index is 12.6. The number of hydrogen-bond acceptors (Lipinski definition) is 8. The summed E-state index contributed by atoms with van der Waals surface area (Å²) in [5.74, 6) is 0.501. The molecule has 8 nitrogen and oxygen atoms in total. The molecule has 2 fully saturated rings. The minimum absolute atomic E-state index is 0.0114. The van der Waals surface area contributed by atoms with E-state index in [9.17, 15) is 9.59 Å². The number of anilines is 3. The van der Waals surface area contributed by atoms with Crippen LogP contribution in [0.1, 0.15) is 50.4 Å². The average Bonchev–Trinajstić information content (AvgIpc) is 2.72. The number of rotatable bonds is 6. The summed E-state index contributed by atoms with van der Waals surface area (Å²) in [5.41, 5.74) is 7.85. The largest absolute Gasteiger partial charge is 0.457 e. The van der Waals surface area contributed by atoms with E-state index in [1.54, 1.807) is 0 Å². The normalized spacial score (nSPS) is 23.1. The van der Waals surface area contributed by atoms with Gasteiger partial charge in [0.15, 0.2) is 12.4 Å². The number of aryl methyl sites for hydroxylation is 1. The number of ether oxygens (including phenoxy) is 1. The van der Waals surface area contributed by atoms with Gasteiger partial charge in [0.2, 0.25) is 11.9 Å². The van der Waals surface area contributed by atoms with Gasteiger partial charge in [-0.25, -0.2) is 0 Å². The highest BCUT2D eigenvalue weighted by Crippen LogP contribution is 2.40. The van der Waals surface area contributed by atoms with Crippen molar-refractivity contribution < 1.29 is 14.3 Å². The fourth-order valence-electron chi connectivity index (χ4n) is 4.56. The lowest BCUT2D eigenvalue weighted by Gasteiger charge is -2.36. The first kappa shape index (κ1) is 20.3. The minimum atomic E-state index is -0.288. The molecule has 2 aliphatic rings. The number of nitrogens with one attached hydrogen (secondary N) is 1. The van der Waals surface area contributed by atoms with Crippen LogP contribution in [0, 0.1) is 17.8 Å². The smallest absolute Gasteiger partial charge is 0.309 e. The first-order valence-electron chi connectivity index (χ1n) is 10.6. The number of para-hydroxylation sites is 1. The maximum Gasteiger partial charge on any atom is 0.309 e. The van der Waals surface area contributed by atoms with E-state index >= 15 is 0 Å². The predicted octanol–water partition coefficient (Wildman–Crippen LogP) is 3.20. The van der Waals surface area contributed by atoms with Crippen LogP contribution in [0.25, 0.3) is 0 Å². The summed E-state index contributed by atoms with van der Waals surface area (Å²) in [6.07, 6.45) is 4.89. The van der Waals surface area contributed by atoms with E-state index in [-0.39, 0.29) is 36.3 Å². The lowest BCUT2D eigenvalue weighted by molar-refractivity contribution is -0.155. The number of hydrogen-bond donors (Lipinski definition) is 2. The van der Waals surface area contributed by atoms with Crippen molar-refractivity contribution in [2.24, 2.45) is 17.8 Å². The van der Waals surface area contributed by atoms with E-state index in [0.717, 1.165) is 36.9 Å². The summed E-state index contributed by atoms with van der Waals surface area (Å²) >= 11 is 0. The quantitative estimate of drug-likeness (QED) is 0.698. The lowest BCUT2D eigenvalue weighted by atomic mass is 9.67. The summed E-state index contributed by atoms with van der Waals surface area (Å²) in [7, 11) is 0. The minimum Gasteiger partial charge on any atom is -0.457 e. The average molecular weight is 409 g/mol. The van der Waals surface area contributed by atoms with Crippen LogP contribution in [0.5, 0.6) is 0 Å². The van der Waals surface area contributed by atoms with Crippen molar-refractivity contribution in [1.29, 1.82) is 0 Å². The Bertz CT molecular complexity index is 932. The second-order valence-corrected chi connectivity index (χ2v) is 8.07. The number of aromatic nitrogens is 3. The first-order chi connectivity index (χ1) is 14.5. The first-order valence-corrected chi connectivity index (χ1v) is 10.6. The van der Waals surface area contributed by atoms with E-state index in [2.05, 4.69) is 27.2 Å². The number of ketones is 1. The zero-order chi connectivity index (χ0) is 21.1.